The first-order valence-corrected chi connectivity index (χ1v) is 6.91. The van der Waals surface area contributed by atoms with Crippen LogP contribution in [0.4, 0.5) is 0 Å². The monoisotopic (exact) mass is 257 g/mol. The fourth-order valence-electron chi connectivity index (χ4n) is 2.27. The number of nitrogens with two attached hydrogens (primary N) is 1. The lowest BCUT2D eigenvalue weighted by atomic mass is 10.0. The van der Waals surface area contributed by atoms with Crippen LogP contribution in [0.1, 0.15) is 35.9 Å². The second kappa shape index (κ2) is 5.57. The Morgan fingerprint density at radius 2 is 1.89 bits per heavy atom. The largest absolute Gasteiger partial charge is 0.327 e. The summed E-state index contributed by atoms with van der Waals surface area (Å²) in [6, 6.07) is 8.61. The average molecular weight is 257 g/mol. The van der Waals surface area contributed by atoms with Crippen molar-refractivity contribution in [1.82, 2.24) is 9.78 Å². The number of benzene rings is 1. The van der Waals surface area contributed by atoms with Gasteiger partial charge in [0.2, 0.25) is 0 Å². The van der Waals surface area contributed by atoms with Gasteiger partial charge < -0.3 is 5.73 Å². The molecule has 0 amide bonds. The van der Waals surface area contributed by atoms with Gasteiger partial charge in [-0.3, -0.25) is 0 Å². The van der Waals surface area contributed by atoms with Crippen molar-refractivity contribution in [2.45, 2.75) is 46.6 Å². The minimum Gasteiger partial charge on any atom is -0.327 e. The van der Waals surface area contributed by atoms with E-state index in [1.807, 2.05) is 4.68 Å². The molecule has 102 valence electrons. The molecule has 1 aromatic carbocycles. The third kappa shape index (κ3) is 2.71. The summed E-state index contributed by atoms with van der Waals surface area (Å²) in [5, 5.41) is 4.65. The Morgan fingerprint density at radius 3 is 2.47 bits per heavy atom. The molecule has 19 heavy (non-hydrogen) atoms. The van der Waals surface area contributed by atoms with Gasteiger partial charge in [0.1, 0.15) is 0 Å². The van der Waals surface area contributed by atoms with E-state index in [0.717, 1.165) is 24.2 Å². The maximum Gasteiger partial charge on any atom is 0.0681 e. The zero-order chi connectivity index (χ0) is 14.0. The lowest BCUT2D eigenvalue weighted by Crippen LogP contribution is -2.22. The highest BCUT2D eigenvalue weighted by molar-refractivity contribution is 5.43. The summed E-state index contributed by atoms with van der Waals surface area (Å²) in [4.78, 5) is 0. The van der Waals surface area contributed by atoms with E-state index in [4.69, 9.17) is 5.73 Å². The second-order valence-electron chi connectivity index (χ2n) is 5.21. The number of rotatable bonds is 4. The molecule has 0 radical (unpaired) electrons. The molecular formula is C16H23N3. The molecule has 0 aliphatic heterocycles. The van der Waals surface area contributed by atoms with Crippen LogP contribution in [0.3, 0.4) is 0 Å². The lowest BCUT2D eigenvalue weighted by Gasteiger charge is -2.14. The molecule has 0 fully saturated rings. The fraction of sp³-hybridized carbons (Fsp3) is 0.438. The smallest absolute Gasteiger partial charge is 0.0681 e. The van der Waals surface area contributed by atoms with Crippen molar-refractivity contribution in [3.63, 3.8) is 0 Å². The maximum atomic E-state index is 6.10. The van der Waals surface area contributed by atoms with Crippen LogP contribution in [-0.2, 0) is 6.42 Å². The lowest BCUT2D eigenvalue weighted by molar-refractivity contribution is 0.641. The van der Waals surface area contributed by atoms with E-state index in [1.165, 1.54) is 16.8 Å². The van der Waals surface area contributed by atoms with Crippen LogP contribution in [0.5, 0.6) is 0 Å². The van der Waals surface area contributed by atoms with Gasteiger partial charge in [0.05, 0.1) is 11.4 Å². The van der Waals surface area contributed by atoms with E-state index < -0.39 is 0 Å². The second-order valence-corrected chi connectivity index (χ2v) is 5.21. The van der Waals surface area contributed by atoms with Crippen LogP contribution in [0.25, 0.3) is 5.69 Å². The molecule has 0 aliphatic rings. The van der Waals surface area contributed by atoms with E-state index in [-0.39, 0.29) is 6.04 Å². The summed E-state index contributed by atoms with van der Waals surface area (Å²) in [5.74, 6) is 0. The number of aromatic nitrogens is 2. The highest BCUT2D eigenvalue weighted by Crippen LogP contribution is 2.21. The molecule has 0 bridgehead atoms. The summed E-state index contributed by atoms with van der Waals surface area (Å²) in [7, 11) is 0. The molecule has 0 spiro atoms. The third-order valence-corrected chi connectivity index (χ3v) is 3.88. The molecule has 1 heterocycles. The molecule has 3 nitrogen and oxygen atoms in total. The first-order chi connectivity index (χ1) is 9.04. The van der Waals surface area contributed by atoms with Gasteiger partial charge in [-0.25, -0.2) is 4.68 Å². The van der Waals surface area contributed by atoms with Crippen molar-refractivity contribution < 1.29 is 0 Å². The van der Waals surface area contributed by atoms with Crippen molar-refractivity contribution >= 4 is 0 Å². The van der Waals surface area contributed by atoms with Gasteiger partial charge in [-0.15, -0.1) is 0 Å². The van der Waals surface area contributed by atoms with Gasteiger partial charge >= 0.3 is 0 Å². The Balaban J connectivity index is 2.47. The van der Waals surface area contributed by atoms with E-state index in [1.54, 1.807) is 0 Å². The average Bonchev–Trinajstić information content (AvgIpc) is 2.67. The molecular weight excluding hydrogens is 234 g/mol. The maximum absolute atomic E-state index is 6.10. The minimum atomic E-state index is 0.208. The van der Waals surface area contributed by atoms with Gasteiger partial charge in [0, 0.05) is 11.7 Å². The van der Waals surface area contributed by atoms with E-state index >= 15 is 0 Å². The molecule has 2 N–H and O–H groups in total. The molecule has 2 rings (SSSR count). The highest BCUT2D eigenvalue weighted by atomic mass is 15.3. The summed E-state index contributed by atoms with van der Waals surface area (Å²) >= 11 is 0. The van der Waals surface area contributed by atoms with Gasteiger partial charge in [0.15, 0.2) is 0 Å². The van der Waals surface area contributed by atoms with Gasteiger partial charge in [-0.1, -0.05) is 25.1 Å². The standard InChI is InChI=1S/C16H23N3/c1-5-15(17)10-14-8-6-7-9-16(14)19-13(4)11(2)12(3)18-19/h6-9,15H,5,10,17H2,1-4H3. The molecule has 2 aromatic rings. The van der Waals surface area contributed by atoms with Gasteiger partial charge in [-0.2, -0.15) is 5.10 Å². The van der Waals surface area contributed by atoms with Crippen LogP contribution in [0.2, 0.25) is 0 Å². The van der Waals surface area contributed by atoms with Crippen molar-refractivity contribution in [3.05, 3.63) is 46.8 Å². The van der Waals surface area contributed by atoms with Crippen molar-refractivity contribution in [2.75, 3.05) is 0 Å². The molecule has 3 heteroatoms. The predicted octanol–water partition coefficient (Wildman–Crippen LogP) is 3.08. The summed E-state index contributed by atoms with van der Waals surface area (Å²) in [5.41, 5.74) is 12.1. The Morgan fingerprint density at radius 1 is 1.21 bits per heavy atom. The Bertz CT molecular complexity index is 569. The predicted molar refractivity (Wildman–Crippen MR) is 79.7 cm³/mol. The Kier molecular flexibility index (Phi) is 4.05. The third-order valence-electron chi connectivity index (χ3n) is 3.88. The highest BCUT2D eigenvalue weighted by Gasteiger charge is 2.13. The topological polar surface area (TPSA) is 43.8 Å². The zero-order valence-corrected chi connectivity index (χ0v) is 12.3. The number of hydrogen-bond donors (Lipinski definition) is 1. The van der Waals surface area contributed by atoms with Gasteiger partial charge in [0.25, 0.3) is 0 Å². The van der Waals surface area contributed by atoms with Crippen LogP contribution in [0, 0.1) is 20.8 Å². The zero-order valence-electron chi connectivity index (χ0n) is 12.3. The van der Waals surface area contributed by atoms with Crippen LogP contribution >= 0.6 is 0 Å². The van der Waals surface area contributed by atoms with E-state index in [9.17, 15) is 0 Å². The van der Waals surface area contributed by atoms with Crippen LogP contribution in [-0.4, -0.2) is 15.8 Å². The summed E-state index contributed by atoms with van der Waals surface area (Å²) in [6.45, 7) is 8.42. The molecule has 1 aromatic heterocycles. The number of aryl methyl sites for hydroxylation is 1. The Labute approximate surface area is 115 Å². The van der Waals surface area contributed by atoms with E-state index in [2.05, 4.69) is 57.1 Å². The van der Waals surface area contributed by atoms with Crippen molar-refractivity contribution in [3.8, 4) is 5.69 Å². The molecule has 1 unspecified atom stereocenters. The van der Waals surface area contributed by atoms with E-state index in [0.29, 0.717) is 0 Å². The first-order valence-electron chi connectivity index (χ1n) is 6.91. The van der Waals surface area contributed by atoms with Crippen LogP contribution in [0.15, 0.2) is 24.3 Å². The number of para-hydroxylation sites is 1. The van der Waals surface area contributed by atoms with Crippen molar-refractivity contribution in [2.24, 2.45) is 5.73 Å². The SMILES string of the molecule is CCC(N)Cc1ccccc1-n1nc(C)c(C)c1C. The molecule has 0 saturated carbocycles. The normalized spacial score (nSPS) is 12.7. The molecule has 0 saturated heterocycles. The molecule has 1 atom stereocenters. The van der Waals surface area contributed by atoms with Gasteiger partial charge in [-0.05, 0) is 50.8 Å². The molecule has 0 aliphatic carbocycles. The first kappa shape index (κ1) is 13.8. The number of hydrogen-bond acceptors (Lipinski definition) is 2. The fourth-order valence-corrected chi connectivity index (χ4v) is 2.27. The van der Waals surface area contributed by atoms with Crippen molar-refractivity contribution in [1.29, 1.82) is 0 Å². The quantitative estimate of drug-likeness (QED) is 0.914. The number of nitrogens with zero attached hydrogens (tertiary/aromatic N) is 2. The van der Waals surface area contributed by atoms with Crippen LogP contribution < -0.4 is 5.73 Å². The minimum absolute atomic E-state index is 0.208. The Hall–Kier alpha value is -1.61. The summed E-state index contributed by atoms with van der Waals surface area (Å²) in [6.07, 6.45) is 1.88. The summed E-state index contributed by atoms with van der Waals surface area (Å²) < 4.78 is 2.04.